The van der Waals surface area contributed by atoms with Gasteiger partial charge in [-0.1, -0.05) is 45.6 Å². The smallest absolute Gasteiger partial charge is 0.330 e. The van der Waals surface area contributed by atoms with E-state index >= 15 is 0 Å². The number of ether oxygens (including phenoxy) is 2. The van der Waals surface area contributed by atoms with Crippen molar-refractivity contribution in [1.82, 2.24) is 5.32 Å². The molecule has 0 aromatic heterocycles. The lowest BCUT2D eigenvalue weighted by molar-refractivity contribution is -0.121. The van der Waals surface area contributed by atoms with Crippen LogP contribution in [0, 0.1) is 5.92 Å². The van der Waals surface area contributed by atoms with Crippen molar-refractivity contribution in [1.29, 1.82) is 0 Å². The molecule has 0 bridgehead atoms. The van der Waals surface area contributed by atoms with Crippen molar-refractivity contribution in [3.63, 3.8) is 0 Å². The highest BCUT2D eigenvalue weighted by Crippen LogP contribution is 2.30. The molecule has 0 aliphatic heterocycles. The van der Waals surface area contributed by atoms with Crippen LogP contribution in [0.4, 0.5) is 0 Å². The lowest BCUT2D eigenvalue weighted by Crippen LogP contribution is -2.22. The first-order valence-corrected chi connectivity index (χ1v) is 10.5. The van der Waals surface area contributed by atoms with Crippen molar-refractivity contribution in [3.8, 4) is 11.5 Å². The second kappa shape index (κ2) is 13.7. The molecule has 7 nitrogen and oxygen atoms in total. The molecule has 3 N–H and O–H groups in total. The number of unbranched alkanes of at least 4 members (excludes halogenated alkanes) is 3. The Morgan fingerprint density at radius 3 is 2.56 bits per heavy atom. The van der Waals surface area contributed by atoms with Crippen LogP contribution in [0.2, 0.25) is 0 Å². The van der Waals surface area contributed by atoms with Crippen molar-refractivity contribution in [2.75, 3.05) is 13.9 Å². The van der Waals surface area contributed by atoms with Crippen molar-refractivity contribution in [2.45, 2.75) is 58.9 Å². The van der Waals surface area contributed by atoms with E-state index in [2.05, 4.69) is 23.7 Å². The largest absolute Gasteiger partial charge is 0.493 e. The summed E-state index contributed by atoms with van der Waals surface area (Å²) in [6.07, 6.45) is 6.22. The summed E-state index contributed by atoms with van der Waals surface area (Å²) in [6, 6.07) is 5.27. The van der Waals surface area contributed by atoms with Crippen LogP contribution in [0.25, 0.3) is 0 Å². The van der Waals surface area contributed by atoms with E-state index in [1.54, 1.807) is 12.1 Å². The highest BCUT2D eigenvalue weighted by molar-refractivity contribution is 7.39. The molecule has 0 aliphatic rings. The zero-order valence-electron chi connectivity index (χ0n) is 16.4. The summed E-state index contributed by atoms with van der Waals surface area (Å²) in [5.41, 5.74) is 0.886. The maximum absolute atomic E-state index is 12.0. The number of carbonyl (C=O) groups excluding carboxylic acids is 1. The highest BCUT2D eigenvalue weighted by atomic mass is 31.2. The Morgan fingerprint density at radius 2 is 1.89 bits per heavy atom. The molecule has 154 valence electrons. The van der Waals surface area contributed by atoms with Gasteiger partial charge in [0.05, 0.1) is 7.11 Å². The molecule has 0 aliphatic carbocycles. The number of hydrogen-bond donors (Lipinski definition) is 3. The SMILES string of the molecule is COc1cc(CNC(=O)CCCCCCC(C)C)ccc1OCOP(O)O. The number of hydrogen-bond acceptors (Lipinski definition) is 6. The van der Waals surface area contributed by atoms with E-state index in [-0.39, 0.29) is 12.7 Å². The normalized spacial score (nSPS) is 11.1. The summed E-state index contributed by atoms with van der Waals surface area (Å²) in [7, 11) is -0.946. The van der Waals surface area contributed by atoms with Crippen LogP contribution < -0.4 is 14.8 Å². The Kier molecular flexibility index (Phi) is 12.0. The Labute approximate surface area is 163 Å². The summed E-state index contributed by atoms with van der Waals surface area (Å²) in [5.74, 6) is 1.70. The molecule has 8 heteroatoms. The maximum Gasteiger partial charge on any atom is 0.330 e. The minimum atomic E-state index is -2.46. The first-order chi connectivity index (χ1) is 12.9. The molecule has 1 rings (SSSR count). The fourth-order valence-electron chi connectivity index (χ4n) is 2.56. The van der Waals surface area contributed by atoms with Crippen molar-refractivity contribution >= 4 is 14.5 Å². The van der Waals surface area contributed by atoms with Gasteiger partial charge in [0.1, 0.15) is 0 Å². The van der Waals surface area contributed by atoms with Crippen molar-refractivity contribution in [3.05, 3.63) is 23.8 Å². The molecule has 27 heavy (non-hydrogen) atoms. The van der Waals surface area contributed by atoms with Gasteiger partial charge in [-0.2, -0.15) is 0 Å². The van der Waals surface area contributed by atoms with E-state index in [4.69, 9.17) is 19.3 Å². The predicted molar refractivity (Wildman–Crippen MR) is 105 cm³/mol. The van der Waals surface area contributed by atoms with E-state index in [0.29, 0.717) is 24.5 Å². The first-order valence-electron chi connectivity index (χ1n) is 9.29. The van der Waals surface area contributed by atoms with Gasteiger partial charge >= 0.3 is 8.60 Å². The van der Waals surface area contributed by atoms with Crippen LogP contribution in [0.1, 0.15) is 57.9 Å². The summed E-state index contributed by atoms with van der Waals surface area (Å²) >= 11 is 0. The van der Waals surface area contributed by atoms with Gasteiger partial charge in [-0.25, -0.2) is 0 Å². The molecule has 0 fully saturated rings. The molecule has 0 saturated carbocycles. The Bertz CT molecular complexity index is 553. The van der Waals surface area contributed by atoms with Gasteiger partial charge < -0.3 is 24.6 Å². The van der Waals surface area contributed by atoms with Crippen LogP contribution >= 0.6 is 8.60 Å². The molecule has 0 atom stereocenters. The van der Waals surface area contributed by atoms with Crippen LogP contribution in [0.5, 0.6) is 11.5 Å². The second-order valence-corrected chi connectivity index (χ2v) is 7.52. The van der Waals surface area contributed by atoms with Crippen molar-refractivity contribution < 1.29 is 28.6 Å². The van der Waals surface area contributed by atoms with E-state index in [1.165, 1.54) is 26.4 Å². The number of carbonyl (C=O) groups is 1. The Morgan fingerprint density at radius 1 is 1.15 bits per heavy atom. The zero-order valence-corrected chi connectivity index (χ0v) is 17.3. The van der Waals surface area contributed by atoms with Crippen LogP contribution in [-0.4, -0.2) is 29.6 Å². The average Bonchev–Trinajstić information content (AvgIpc) is 2.63. The molecule has 0 radical (unpaired) electrons. The maximum atomic E-state index is 12.0. The van der Waals surface area contributed by atoms with Crippen molar-refractivity contribution in [2.24, 2.45) is 5.92 Å². The van der Waals surface area contributed by atoms with E-state index in [0.717, 1.165) is 24.3 Å². The first kappa shape index (κ1) is 23.6. The topological polar surface area (TPSA) is 97.3 Å². The second-order valence-electron chi connectivity index (χ2n) is 6.75. The van der Waals surface area contributed by atoms with Gasteiger partial charge in [-0.3, -0.25) is 9.32 Å². The van der Waals surface area contributed by atoms with E-state index in [9.17, 15) is 4.79 Å². The lowest BCUT2D eigenvalue weighted by Gasteiger charge is -2.13. The third-order valence-corrected chi connectivity index (χ3v) is 4.37. The summed E-state index contributed by atoms with van der Waals surface area (Å²) < 4.78 is 15.1. The zero-order chi connectivity index (χ0) is 20.1. The standard InChI is InChI=1S/C19H32NO6P/c1-15(2)8-6-4-5-7-9-19(21)20-13-16-10-11-17(18(12-16)24-3)25-14-26-27(22)23/h10-12,15,22-23H,4-9,13-14H2,1-3H3,(H,20,21). The average molecular weight is 401 g/mol. The van der Waals surface area contributed by atoms with Crippen LogP contribution in [0.3, 0.4) is 0 Å². The monoisotopic (exact) mass is 401 g/mol. The molecule has 1 aromatic rings. The number of benzene rings is 1. The fraction of sp³-hybridized carbons (Fsp3) is 0.632. The Balaban J connectivity index is 2.31. The summed E-state index contributed by atoms with van der Waals surface area (Å²) in [5, 5.41) is 2.91. The quantitative estimate of drug-likeness (QED) is 0.249. The third-order valence-electron chi connectivity index (χ3n) is 4.04. The van der Waals surface area contributed by atoms with E-state index in [1.807, 2.05) is 6.07 Å². The van der Waals surface area contributed by atoms with Gasteiger partial charge in [-0.15, -0.1) is 0 Å². The minimum absolute atomic E-state index is 0.0470. The van der Waals surface area contributed by atoms with Crippen LogP contribution in [-0.2, 0) is 15.9 Å². The third kappa shape index (κ3) is 11.1. The molecule has 0 saturated heterocycles. The van der Waals surface area contributed by atoms with Gasteiger partial charge in [0.15, 0.2) is 18.3 Å². The number of methoxy groups -OCH3 is 1. The van der Waals surface area contributed by atoms with Gasteiger partial charge in [-0.05, 0) is 30.0 Å². The summed E-state index contributed by atoms with van der Waals surface area (Å²) in [4.78, 5) is 29.3. The Hall–Kier alpha value is -1.40. The molecular weight excluding hydrogens is 369 g/mol. The number of amides is 1. The van der Waals surface area contributed by atoms with Gasteiger partial charge in [0.2, 0.25) is 5.91 Å². The lowest BCUT2D eigenvalue weighted by atomic mass is 10.0. The van der Waals surface area contributed by atoms with Gasteiger partial charge in [0, 0.05) is 13.0 Å². The van der Waals surface area contributed by atoms with Gasteiger partial charge in [0.25, 0.3) is 0 Å². The number of rotatable bonds is 14. The van der Waals surface area contributed by atoms with Crippen LogP contribution in [0.15, 0.2) is 18.2 Å². The predicted octanol–water partition coefficient (Wildman–Crippen LogP) is 3.87. The molecule has 0 spiro atoms. The summed E-state index contributed by atoms with van der Waals surface area (Å²) in [6.45, 7) is 4.59. The molecule has 1 aromatic carbocycles. The minimum Gasteiger partial charge on any atom is -0.493 e. The fourth-order valence-corrected chi connectivity index (χ4v) is 2.71. The number of nitrogens with one attached hydrogen (secondary N) is 1. The molecular formula is C19H32NO6P. The molecule has 0 unspecified atom stereocenters. The molecule has 0 heterocycles. The molecule has 1 amide bonds. The van der Waals surface area contributed by atoms with E-state index < -0.39 is 8.60 Å². The highest BCUT2D eigenvalue weighted by Gasteiger charge is 2.08.